The van der Waals surface area contributed by atoms with Crippen LogP contribution in [0.15, 0.2) is 0 Å². The van der Waals surface area contributed by atoms with Crippen LogP contribution < -0.4 is 12.1 Å². The zero-order valence-corrected chi connectivity index (χ0v) is 15.5. The Morgan fingerprint density at radius 3 is 0.571 bits per heavy atom. The van der Waals surface area contributed by atoms with Crippen LogP contribution in [0.1, 0.15) is 0 Å². The van der Waals surface area contributed by atoms with E-state index in [1.807, 2.05) is 0 Å². The van der Waals surface area contributed by atoms with Gasteiger partial charge in [-0.3, -0.25) is 0 Å². The topological polar surface area (TPSA) is 172 Å². The van der Waals surface area contributed by atoms with Crippen molar-refractivity contribution in [3.05, 3.63) is 0 Å². The van der Waals surface area contributed by atoms with Crippen LogP contribution in [0.4, 0.5) is 0 Å². The SMILES string of the molecule is [Gd+3].[Nd].[O]=[V](=[O])[O-].[O]=[V](=[O])[O-].[O]=[V](=[O])[O-]. The number of hydrogen-bond acceptors (Lipinski definition) is 9. The predicted octanol–water partition coefficient (Wildman–Crippen LogP) is -4.29. The van der Waals surface area contributed by atoms with Gasteiger partial charge in [0.05, 0.1) is 0 Å². The Balaban J connectivity index is -0.0000000270. The minimum absolute atomic E-state index is 0. The van der Waals surface area contributed by atoms with E-state index in [1.54, 1.807) is 0 Å². The van der Waals surface area contributed by atoms with Gasteiger partial charge in [0.1, 0.15) is 0 Å². The molecule has 0 aromatic carbocycles. The van der Waals surface area contributed by atoms with Gasteiger partial charge in [-0.15, -0.1) is 0 Å². The summed E-state index contributed by atoms with van der Waals surface area (Å²) in [6.07, 6.45) is 0. The van der Waals surface area contributed by atoms with E-state index < -0.39 is 46.2 Å². The van der Waals surface area contributed by atoms with Crippen molar-refractivity contribution >= 4 is 0 Å². The number of rotatable bonds is 0. The second-order valence-electron chi connectivity index (χ2n) is 0.671. The molecule has 0 atom stereocenters. The van der Waals surface area contributed by atoms with E-state index in [9.17, 15) is 0 Å². The van der Waals surface area contributed by atoms with Crippen LogP contribution >= 0.6 is 0 Å². The average Bonchev–Trinajstić information content (AvgIpc) is 1.54. The van der Waals surface area contributed by atoms with Crippen LogP contribution in [-0.2, 0) is 68.2 Å². The molecule has 14 heavy (non-hydrogen) atoms. The van der Waals surface area contributed by atoms with Gasteiger partial charge in [-0.2, -0.15) is 0 Å². The Hall–Kier alpha value is 3.11. The molecule has 0 aromatic heterocycles. The Bertz CT molecular complexity index is 213. The van der Waals surface area contributed by atoms with E-state index in [-0.39, 0.29) is 80.8 Å². The average molecular weight is 598 g/mol. The summed E-state index contributed by atoms with van der Waals surface area (Å²) < 4.78 is 77.1. The van der Waals surface area contributed by atoms with Crippen LogP contribution in [0.25, 0.3) is 0 Å². The number of hydrogen-bond donors (Lipinski definition) is 0. The molecule has 0 saturated carbocycles. The fourth-order valence-corrected chi connectivity index (χ4v) is 0. The molecule has 0 saturated heterocycles. The van der Waals surface area contributed by atoms with Crippen molar-refractivity contribution in [3.63, 3.8) is 0 Å². The third kappa shape index (κ3) is 311. The Kier molecular flexibility index (Phi) is 54.2. The van der Waals surface area contributed by atoms with Gasteiger partial charge in [-0.05, 0) is 0 Å². The molecular weight excluding hydrogens is 598 g/mol. The monoisotopic (exact) mass is 597 g/mol. The molecule has 0 aromatic rings. The van der Waals surface area contributed by atoms with Gasteiger partial charge < -0.3 is 0 Å². The van der Waals surface area contributed by atoms with Crippen LogP contribution in [0, 0.1) is 80.8 Å². The van der Waals surface area contributed by atoms with Gasteiger partial charge in [0, 0.05) is 40.8 Å². The maximum absolute atomic E-state index is 8.56. The van der Waals surface area contributed by atoms with Crippen molar-refractivity contribution in [2.75, 3.05) is 0 Å². The van der Waals surface area contributed by atoms with Crippen LogP contribution in [0.2, 0.25) is 0 Å². The van der Waals surface area contributed by atoms with Gasteiger partial charge in [-0.25, -0.2) is 0 Å². The molecule has 0 amide bonds. The molecule has 14 heteroatoms. The van der Waals surface area contributed by atoms with E-state index >= 15 is 0 Å². The van der Waals surface area contributed by atoms with E-state index in [4.69, 9.17) is 34.1 Å². The molecule has 0 bridgehead atoms. The van der Waals surface area contributed by atoms with Crippen molar-refractivity contribution in [2.45, 2.75) is 0 Å². The van der Waals surface area contributed by atoms with E-state index in [0.29, 0.717) is 0 Å². The first-order valence-corrected chi connectivity index (χ1v) is 6.77. The standard InChI is InChI=1S/Gd.Nd.9O.3V/q+3;;;;;;;;3*-1;;;. The summed E-state index contributed by atoms with van der Waals surface area (Å²) in [4.78, 5) is 0. The molecule has 0 aliphatic carbocycles. The van der Waals surface area contributed by atoms with E-state index in [0.717, 1.165) is 0 Å². The molecule has 0 heterocycles. The Labute approximate surface area is 157 Å². The zero-order valence-electron chi connectivity index (χ0n) is 5.87. The van der Waals surface area contributed by atoms with E-state index in [2.05, 4.69) is 0 Å². The predicted molar refractivity (Wildman–Crippen MR) is 4.12 cm³/mol. The van der Waals surface area contributed by atoms with Crippen molar-refractivity contribution in [1.82, 2.24) is 0 Å². The molecule has 0 unspecified atom stereocenters. The zero-order chi connectivity index (χ0) is 10.7. The molecule has 0 fully saturated rings. The summed E-state index contributed by atoms with van der Waals surface area (Å²) in [6, 6.07) is 0. The third-order valence-electron chi connectivity index (χ3n) is 0. The molecule has 0 rings (SSSR count). The molecule has 0 aliphatic heterocycles. The van der Waals surface area contributed by atoms with Gasteiger partial charge in [0.2, 0.25) is 0 Å². The van der Waals surface area contributed by atoms with Crippen molar-refractivity contribution in [1.29, 1.82) is 0 Å². The normalized spacial score (nSPS) is 5.36. The van der Waals surface area contributed by atoms with E-state index in [1.165, 1.54) is 0 Å². The fraction of sp³-hybridized carbons (Fsp3) is 0. The minimum atomic E-state index is -3.94. The third-order valence-corrected chi connectivity index (χ3v) is 0. The second kappa shape index (κ2) is 25.1. The van der Waals surface area contributed by atoms with Crippen LogP contribution in [-0.4, -0.2) is 0 Å². The molecule has 1 radical (unpaired) electrons. The quantitative estimate of drug-likeness (QED) is 0.268. The summed E-state index contributed by atoms with van der Waals surface area (Å²) >= 11 is -11.8. The molecule has 81 valence electrons. The first-order chi connectivity index (χ1) is 5.20. The fourth-order valence-electron chi connectivity index (χ4n) is 0. The Morgan fingerprint density at radius 1 is 0.571 bits per heavy atom. The Morgan fingerprint density at radius 2 is 0.571 bits per heavy atom. The van der Waals surface area contributed by atoms with Gasteiger partial charge in [-0.1, -0.05) is 0 Å². The van der Waals surface area contributed by atoms with Crippen LogP contribution in [0.5, 0.6) is 0 Å². The maximum atomic E-state index is 8.56. The summed E-state index contributed by atoms with van der Waals surface area (Å²) in [6.45, 7) is 0. The van der Waals surface area contributed by atoms with Gasteiger partial charge >= 0.3 is 120 Å². The van der Waals surface area contributed by atoms with Crippen molar-refractivity contribution in [2.24, 2.45) is 0 Å². The first-order valence-electron chi connectivity index (χ1n) is 1.64. The molecule has 0 spiro atoms. The molecule has 0 aliphatic rings. The van der Waals surface area contributed by atoms with Crippen molar-refractivity contribution < 1.29 is 161 Å². The summed E-state index contributed by atoms with van der Waals surface area (Å²) in [5, 5.41) is 0. The van der Waals surface area contributed by atoms with Gasteiger partial charge in [0.15, 0.2) is 0 Å². The van der Waals surface area contributed by atoms with Crippen LogP contribution in [0.3, 0.4) is 0 Å². The molecule has 9 nitrogen and oxygen atoms in total. The summed E-state index contributed by atoms with van der Waals surface area (Å²) in [5.41, 5.74) is 0. The molecule has 0 N–H and O–H groups in total. The molecular formula is GdNdO9V3. The van der Waals surface area contributed by atoms with Crippen molar-refractivity contribution in [3.8, 4) is 0 Å². The summed E-state index contributed by atoms with van der Waals surface area (Å²) in [5.74, 6) is 0. The first kappa shape index (κ1) is 30.3. The summed E-state index contributed by atoms with van der Waals surface area (Å²) in [7, 11) is 0. The van der Waals surface area contributed by atoms with Gasteiger partial charge in [0.25, 0.3) is 0 Å². The second-order valence-corrected chi connectivity index (χ2v) is 2.77.